The summed E-state index contributed by atoms with van der Waals surface area (Å²) in [6.45, 7) is 15.6. The molecule has 150 valence electrons. The highest BCUT2D eigenvalue weighted by atomic mass is 15.3. The fourth-order valence-corrected chi connectivity index (χ4v) is 4.41. The van der Waals surface area contributed by atoms with Crippen molar-refractivity contribution in [3.05, 3.63) is 29.3 Å². The Morgan fingerprint density at radius 3 is 2.63 bits per heavy atom. The molecule has 2 saturated heterocycles. The molecule has 0 saturated carbocycles. The molecule has 0 aliphatic carbocycles. The van der Waals surface area contributed by atoms with E-state index in [0.717, 1.165) is 44.6 Å². The Hall–Kier alpha value is -1.75. The Balaban J connectivity index is 1.51. The molecule has 0 aromatic heterocycles. The molecule has 0 radical (unpaired) electrons. The van der Waals surface area contributed by atoms with Crippen LogP contribution in [0.2, 0.25) is 0 Å². The zero-order chi connectivity index (χ0) is 19.2. The number of guanidine groups is 1. The Labute approximate surface area is 165 Å². The van der Waals surface area contributed by atoms with E-state index in [1.165, 1.54) is 49.3 Å². The number of hydrogen-bond donors (Lipinski definition) is 1. The molecule has 0 amide bonds. The van der Waals surface area contributed by atoms with Gasteiger partial charge in [-0.25, -0.2) is 0 Å². The predicted octanol–water partition coefficient (Wildman–Crippen LogP) is 2.73. The average molecular weight is 372 g/mol. The number of aryl methyl sites for hydroxylation is 1. The zero-order valence-electron chi connectivity index (χ0n) is 17.7. The summed E-state index contributed by atoms with van der Waals surface area (Å²) < 4.78 is 0. The SMILES string of the molecule is CCN1CCCC(CNC(=NC)N2CCN(c3cccc(C)c3C)CC2)C1. The van der Waals surface area contributed by atoms with Gasteiger partial charge in [-0.05, 0) is 62.9 Å². The van der Waals surface area contributed by atoms with Gasteiger partial charge in [0.2, 0.25) is 0 Å². The average Bonchev–Trinajstić information content (AvgIpc) is 2.71. The Bertz CT molecular complexity index is 634. The zero-order valence-corrected chi connectivity index (χ0v) is 17.7. The number of hydrogen-bond acceptors (Lipinski definition) is 3. The van der Waals surface area contributed by atoms with Gasteiger partial charge in [0.1, 0.15) is 0 Å². The molecular formula is C22H37N5. The molecule has 2 aliphatic heterocycles. The van der Waals surface area contributed by atoms with Gasteiger partial charge in [-0.15, -0.1) is 0 Å². The van der Waals surface area contributed by atoms with Gasteiger partial charge < -0.3 is 20.0 Å². The number of nitrogens with one attached hydrogen (secondary N) is 1. The maximum Gasteiger partial charge on any atom is 0.193 e. The van der Waals surface area contributed by atoms with Crippen LogP contribution in [0.25, 0.3) is 0 Å². The third kappa shape index (κ3) is 4.95. The molecule has 2 fully saturated rings. The summed E-state index contributed by atoms with van der Waals surface area (Å²) in [6.07, 6.45) is 2.66. The third-order valence-corrected chi connectivity index (χ3v) is 6.31. The quantitative estimate of drug-likeness (QED) is 0.652. The van der Waals surface area contributed by atoms with E-state index in [-0.39, 0.29) is 0 Å². The van der Waals surface area contributed by atoms with E-state index < -0.39 is 0 Å². The van der Waals surface area contributed by atoms with Crippen molar-refractivity contribution < 1.29 is 0 Å². The van der Waals surface area contributed by atoms with Crippen molar-refractivity contribution in [2.45, 2.75) is 33.6 Å². The minimum Gasteiger partial charge on any atom is -0.368 e. The van der Waals surface area contributed by atoms with E-state index in [9.17, 15) is 0 Å². The van der Waals surface area contributed by atoms with Crippen molar-refractivity contribution >= 4 is 11.6 Å². The first-order valence-corrected chi connectivity index (χ1v) is 10.6. The summed E-state index contributed by atoms with van der Waals surface area (Å²) in [4.78, 5) is 12.1. The van der Waals surface area contributed by atoms with E-state index in [0.29, 0.717) is 0 Å². The van der Waals surface area contributed by atoms with Gasteiger partial charge in [-0.2, -0.15) is 0 Å². The van der Waals surface area contributed by atoms with Crippen LogP contribution in [0.3, 0.4) is 0 Å². The maximum atomic E-state index is 4.56. The van der Waals surface area contributed by atoms with Crippen LogP contribution < -0.4 is 10.2 Å². The molecule has 1 aromatic carbocycles. The molecule has 1 aromatic rings. The number of rotatable bonds is 4. The molecule has 5 nitrogen and oxygen atoms in total. The van der Waals surface area contributed by atoms with Crippen LogP contribution in [-0.2, 0) is 0 Å². The van der Waals surface area contributed by atoms with Crippen molar-refractivity contribution in [3.63, 3.8) is 0 Å². The second-order valence-corrected chi connectivity index (χ2v) is 8.02. The number of aliphatic imine (C=N–C) groups is 1. The van der Waals surface area contributed by atoms with Gasteiger partial charge in [0.15, 0.2) is 5.96 Å². The number of anilines is 1. The van der Waals surface area contributed by atoms with Crippen LogP contribution in [0, 0.1) is 19.8 Å². The van der Waals surface area contributed by atoms with Gasteiger partial charge in [0, 0.05) is 52.0 Å². The summed E-state index contributed by atoms with van der Waals surface area (Å²) in [6, 6.07) is 6.63. The maximum absolute atomic E-state index is 4.56. The van der Waals surface area contributed by atoms with Crippen LogP contribution in [0.15, 0.2) is 23.2 Å². The lowest BCUT2D eigenvalue weighted by Crippen LogP contribution is -2.53. The molecule has 5 heteroatoms. The van der Waals surface area contributed by atoms with E-state index in [1.807, 2.05) is 7.05 Å². The summed E-state index contributed by atoms with van der Waals surface area (Å²) in [7, 11) is 1.92. The first-order valence-electron chi connectivity index (χ1n) is 10.6. The lowest BCUT2D eigenvalue weighted by atomic mass is 9.98. The smallest absolute Gasteiger partial charge is 0.193 e. The van der Waals surface area contributed by atoms with Crippen molar-refractivity contribution in [1.82, 2.24) is 15.1 Å². The first kappa shape index (κ1) is 20.0. The lowest BCUT2D eigenvalue weighted by molar-refractivity contribution is 0.182. The van der Waals surface area contributed by atoms with Crippen molar-refractivity contribution in [3.8, 4) is 0 Å². The normalized spacial score (nSPS) is 22.2. The summed E-state index contributed by atoms with van der Waals surface area (Å²) >= 11 is 0. The second-order valence-electron chi connectivity index (χ2n) is 8.02. The predicted molar refractivity (Wildman–Crippen MR) is 116 cm³/mol. The molecular weight excluding hydrogens is 334 g/mol. The Kier molecular flexibility index (Phi) is 7.00. The number of piperazine rings is 1. The molecule has 27 heavy (non-hydrogen) atoms. The van der Waals surface area contributed by atoms with Crippen LogP contribution >= 0.6 is 0 Å². The standard InChI is InChI=1S/C22H37N5/c1-5-25-11-7-9-20(17-25)16-24-22(23-4)27-14-12-26(13-15-27)21-10-6-8-18(2)19(21)3/h6,8,10,20H,5,7,9,11-17H2,1-4H3,(H,23,24). The topological polar surface area (TPSA) is 34.1 Å². The van der Waals surface area contributed by atoms with Gasteiger partial charge >= 0.3 is 0 Å². The number of benzene rings is 1. The second kappa shape index (κ2) is 9.45. The highest BCUT2D eigenvalue weighted by Crippen LogP contribution is 2.24. The van der Waals surface area contributed by atoms with Crippen LogP contribution in [0.1, 0.15) is 30.9 Å². The molecule has 3 rings (SSSR count). The minimum atomic E-state index is 0.742. The fourth-order valence-electron chi connectivity index (χ4n) is 4.41. The highest BCUT2D eigenvalue weighted by Gasteiger charge is 2.23. The minimum absolute atomic E-state index is 0.742. The Morgan fingerprint density at radius 2 is 1.93 bits per heavy atom. The van der Waals surface area contributed by atoms with E-state index in [2.05, 4.69) is 64.0 Å². The summed E-state index contributed by atoms with van der Waals surface area (Å²) in [5, 5.41) is 3.66. The molecule has 2 heterocycles. The molecule has 2 aliphatic rings. The number of piperidine rings is 1. The van der Waals surface area contributed by atoms with Gasteiger partial charge in [0.25, 0.3) is 0 Å². The largest absolute Gasteiger partial charge is 0.368 e. The van der Waals surface area contributed by atoms with Crippen LogP contribution in [0.4, 0.5) is 5.69 Å². The lowest BCUT2D eigenvalue weighted by Gasteiger charge is -2.39. The van der Waals surface area contributed by atoms with E-state index in [4.69, 9.17) is 0 Å². The van der Waals surface area contributed by atoms with Crippen LogP contribution in [0.5, 0.6) is 0 Å². The van der Waals surface area contributed by atoms with Gasteiger partial charge in [-0.1, -0.05) is 19.1 Å². The molecule has 0 bridgehead atoms. The van der Waals surface area contributed by atoms with Crippen molar-refractivity contribution in [1.29, 1.82) is 0 Å². The monoisotopic (exact) mass is 371 g/mol. The molecule has 0 spiro atoms. The van der Waals surface area contributed by atoms with E-state index in [1.54, 1.807) is 0 Å². The molecule has 1 N–H and O–H groups in total. The third-order valence-electron chi connectivity index (χ3n) is 6.31. The number of likely N-dealkylation sites (tertiary alicyclic amines) is 1. The van der Waals surface area contributed by atoms with Crippen molar-refractivity contribution in [2.75, 3.05) is 64.3 Å². The van der Waals surface area contributed by atoms with Gasteiger partial charge in [-0.3, -0.25) is 4.99 Å². The van der Waals surface area contributed by atoms with Gasteiger partial charge in [0.05, 0.1) is 0 Å². The molecule has 1 unspecified atom stereocenters. The summed E-state index contributed by atoms with van der Waals surface area (Å²) in [5.41, 5.74) is 4.17. The summed E-state index contributed by atoms with van der Waals surface area (Å²) in [5.74, 6) is 1.82. The first-order chi connectivity index (χ1) is 13.1. The van der Waals surface area contributed by atoms with Crippen LogP contribution in [-0.4, -0.2) is 75.2 Å². The van der Waals surface area contributed by atoms with E-state index >= 15 is 0 Å². The Morgan fingerprint density at radius 1 is 1.15 bits per heavy atom. The van der Waals surface area contributed by atoms with Crippen molar-refractivity contribution in [2.24, 2.45) is 10.9 Å². The fraction of sp³-hybridized carbons (Fsp3) is 0.682. The highest BCUT2D eigenvalue weighted by molar-refractivity contribution is 5.80. The molecule has 1 atom stereocenters. The number of nitrogens with zero attached hydrogens (tertiary/aromatic N) is 4.